The molecule has 1 N–H and O–H groups in total. The number of nitrogens with one attached hydrogen (secondary N) is 1. The van der Waals surface area contributed by atoms with Crippen LogP contribution in [0.5, 0.6) is 0 Å². The molecule has 94 valence electrons. The van der Waals surface area contributed by atoms with Crippen molar-refractivity contribution in [3.63, 3.8) is 0 Å². The minimum absolute atomic E-state index is 0.302. The summed E-state index contributed by atoms with van der Waals surface area (Å²) in [7, 11) is 0. The molecule has 0 saturated heterocycles. The first-order chi connectivity index (χ1) is 7.67. The lowest BCUT2D eigenvalue weighted by Gasteiger charge is -2.24. The number of carbonyl (C=O) groups is 1. The van der Waals surface area contributed by atoms with Crippen LogP contribution < -0.4 is 5.32 Å². The molecular weight excluding hydrogens is 200 g/mol. The number of hydrogen-bond donors (Lipinski definition) is 1. The Morgan fingerprint density at radius 1 is 1.44 bits per heavy atom. The SMILES string of the molecule is CCC(C)CN(CC)C(=O)CCNC1CC1. The molecular formula is C13H26N2O. The van der Waals surface area contributed by atoms with E-state index in [9.17, 15) is 4.79 Å². The summed E-state index contributed by atoms with van der Waals surface area (Å²) >= 11 is 0. The van der Waals surface area contributed by atoms with Crippen LogP contribution in [0.15, 0.2) is 0 Å². The van der Waals surface area contributed by atoms with Gasteiger partial charge in [-0.05, 0) is 25.7 Å². The molecule has 1 atom stereocenters. The molecule has 3 nitrogen and oxygen atoms in total. The second-order valence-corrected chi connectivity index (χ2v) is 4.92. The molecule has 0 aliphatic heterocycles. The third-order valence-electron chi connectivity index (χ3n) is 3.31. The van der Waals surface area contributed by atoms with Crippen molar-refractivity contribution in [3.05, 3.63) is 0 Å². The lowest BCUT2D eigenvalue weighted by molar-refractivity contribution is -0.131. The Balaban J connectivity index is 2.18. The largest absolute Gasteiger partial charge is 0.343 e. The van der Waals surface area contributed by atoms with Gasteiger partial charge in [0.2, 0.25) is 5.91 Å². The quantitative estimate of drug-likeness (QED) is 0.687. The molecule has 3 heteroatoms. The van der Waals surface area contributed by atoms with E-state index in [2.05, 4.69) is 26.1 Å². The van der Waals surface area contributed by atoms with E-state index >= 15 is 0 Å². The normalized spacial score (nSPS) is 17.2. The Morgan fingerprint density at radius 3 is 2.62 bits per heavy atom. The lowest BCUT2D eigenvalue weighted by atomic mass is 10.1. The zero-order valence-corrected chi connectivity index (χ0v) is 11.0. The van der Waals surface area contributed by atoms with Crippen molar-refractivity contribution >= 4 is 5.91 Å². The van der Waals surface area contributed by atoms with E-state index in [1.54, 1.807) is 0 Å². The van der Waals surface area contributed by atoms with Crippen LogP contribution >= 0.6 is 0 Å². The second kappa shape index (κ2) is 6.89. The molecule has 1 amide bonds. The van der Waals surface area contributed by atoms with Gasteiger partial charge in [-0.15, -0.1) is 0 Å². The van der Waals surface area contributed by atoms with Crippen molar-refractivity contribution in [3.8, 4) is 0 Å². The maximum Gasteiger partial charge on any atom is 0.223 e. The van der Waals surface area contributed by atoms with Gasteiger partial charge in [0.15, 0.2) is 0 Å². The van der Waals surface area contributed by atoms with Gasteiger partial charge in [0.05, 0.1) is 0 Å². The monoisotopic (exact) mass is 226 g/mol. The van der Waals surface area contributed by atoms with Gasteiger partial charge >= 0.3 is 0 Å². The summed E-state index contributed by atoms with van der Waals surface area (Å²) < 4.78 is 0. The smallest absolute Gasteiger partial charge is 0.223 e. The third-order valence-corrected chi connectivity index (χ3v) is 3.31. The van der Waals surface area contributed by atoms with Crippen LogP contribution in [0.25, 0.3) is 0 Å². The fourth-order valence-corrected chi connectivity index (χ4v) is 1.74. The van der Waals surface area contributed by atoms with Crippen molar-refractivity contribution in [1.29, 1.82) is 0 Å². The summed E-state index contributed by atoms with van der Waals surface area (Å²) in [5.41, 5.74) is 0. The lowest BCUT2D eigenvalue weighted by Crippen LogP contribution is -2.36. The maximum absolute atomic E-state index is 11.9. The standard InChI is InChI=1S/C13H26N2O/c1-4-11(3)10-15(5-2)13(16)8-9-14-12-6-7-12/h11-12,14H,4-10H2,1-3H3. The predicted octanol–water partition coefficient (Wildman–Crippen LogP) is 2.02. The van der Waals surface area contributed by atoms with Gasteiger partial charge in [-0.3, -0.25) is 4.79 Å². The van der Waals surface area contributed by atoms with Crippen LogP contribution in [0.4, 0.5) is 0 Å². The Bertz CT molecular complexity index is 214. The van der Waals surface area contributed by atoms with Crippen molar-refractivity contribution < 1.29 is 4.79 Å². The summed E-state index contributed by atoms with van der Waals surface area (Å²) in [6, 6.07) is 0.706. The van der Waals surface area contributed by atoms with Crippen LogP contribution in [0.2, 0.25) is 0 Å². The van der Waals surface area contributed by atoms with E-state index in [-0.39, 0.29) is 0 Å². The average Bonchev–Trinajstić information content (AvgIpc) is 3.09. The summed E-state index contributed by atoms with van der Waals surface area (Å²) in [4.78, 5) is 13.9. The zero-order chi connectivity index (χ0) is 12.0. The van der Waals surface area contributed by atoms with E-state index in [4.69, 9.17) is 0 Å². The Kier molecular flexibility index (Phi) is 5.81. The molecule has 0 aromatic heterocycles. The molecule has 1 unspecified atom stereocenters. The average molecular weight is 226 g/mol. The van der Waals surface area contributed by atoms with E-state index < -0.39 is 0 Å². The molecule has 0 heterocycles. The number of amides is 1. The molecule has 0 bridgehead atoms. The van der Waals surface area contributed by atoms with Crippen LogP contribution in [0.1, 0.15) is 46.5 Å². The summed E-state index contributed by atoms with van der Waals surface area (Å²) in [6.45, 7) is 9.05. The van der Waals surface area contributed by atoms with E-state index in [0.29, 0.717) is 24.3 Å². The third kappa shape index (κ3) is 4.97. The molecule has 1 aliphatic rings. The van der Waals surface area contributed by atoms with Gasteiger partial charge < -0.3 is 10.2 Å². The number of rotatable bonds is 8. The maximum atomic E-state index is 11.9. The van der Waals surface area contributed by atoms with Crippen molar-refractivity contribution in [2.75, 3.05) is 19.6 Å². The van der Waals surface area contributed by atoms with Crippen molar-refractivity contribution in [2.45, 2.75) is 52.5 Å². The van der Waals surface area contributed by atoms with E-state index in [0.717, 1.165) is 26.1 Å². The summed E-state index contributed by atoms with van der Waals surface area (Å²) in [5.74, 6) is 0.913. The summed E-state index contributed by atoms with van der Waals surface area (Å²) in [5, 5.41) is 3.39. The van der Waals surface area contributed by atoms with Crippen LogP contribution in [0, 0.1) is 5.92 Å². The highest BCUT2D eigenvalue weighted by atomic mass is 16.2. The number of hydrogen-bond acceptors (Lipinski definition) is 2. The molecule has 0 aromatic carbocycles. The number of carbonyl (C=O) groups excluding carboxylic acids is 1. The number of nitrogens with zero attached hydrogens (tertiary/aromatic N) is 1. The molecule has 1 aliphatic carbocycles. The van der Waals surface area contributed by atoms with Crippen LogP contribution in [-0.2, 0) is 4.79 Å². The Labute approximate surface area is 99.6 Å². The first-order valence-electron chi connectivity index (χ1n) is 6.68. The van der Waals surface area contributed by atoms with Crippen LogP contribution in [-0.4, -0.2) is 36.5 Å². The van der Waals surface area contributed by atoms with E-state index in [1.807, 2.05) is 4.90 Å². The fraction of sp³-hybridized carbons (Fsp3) is 0.923. The van der Waals surface area contributed by atoms with Gasteiger partial charge in [-0.2, -0.15) is 0 Å². The Morgan fingerprint density at radius 2 is 2.12 bits per heavy atom. The molecule has 0 radical (unpaired) electrons. The second-order valence-electron chi connectivity index (χ2n) is 4.92. The van der Waals surface area contributed by atoms with E-state index in [1.165, 1.54) is 12.8 Å². The highest BCUT2D eigenvalue weighted by molar-refractivity contribution is 5.76. The van der Waals surface area contributed by atoms with Gasteiger partial charge in [0.25, 0.3) is 0 Å². The highest BCUT2D eigenvalue weighted by Gasteiger charge is 2.21. The first kappa shape index (κ1) is 13.5. The van der Waals surface area contributed by atoms with Gasteiger partial charge in [-0.25, -0.2) is 0 Å². The minimum Gasteiger partial charge on any atom is -0.343 e. The van der Waals surface area contributed by atoms with Crippen LogP contribution in [0.3, 0.4) is 0 Å². The topological polar surface area (TPSA) is 32.3 Å². The molecule has 1 saturated carbocycles. The van der Waals surface area contributed by atoms with Crippen molar-refractivity contribution in [2.24, 2.45) is 5.92 Å². The van der Waals surface area contributed by atoms with Gasteiger partial charge in [0, 0.05) is 32.1 Å². The minimum atomic E-state index is 0.302. The fourth-order valence-electron chi connectivity index (χ4n) is 1.74. The molecule has 0 spiro atoms. The molecule has 1 fully saturated rings. The molecule has 1 rings (SSSR count). The molecule has 16 heavy (non-hydrogen) atoms. The van der Waals surface area contributed by atoms with Gasteiger partial charge in [-0.1, -0.05) is 20.3 Å². The van der Waals surface area contributed by atoms with Crippen molar-refractivity contribution in [1.82, 2.24) is 10.2 Å². The zero-order valence-electron chi connectivity index (χ0n) is 11.0. The predicted molar refractivity (Wildman–Crippen MR) is 67.4 cm³/mol. The first-order valence-corrected chi connectivity index (χ1v) is 6.68. The molecule has 0 aromatic rings. The Hall–Kier alpha value is -0.570. The van der Waals surface area contributed by atoms with Gasteiger partial charge in [0.1, 0.15) is 0 Å². The highest BCUT2D eigenvalue weighted by Crippen LogP contribution is 2.18. The summed E-state index contributed by atoms with van der Waals surface area (Å²) in [6.07, 6.45) is 4.38.